The quantitative estimate of drug-likeness (QED) is 0.585. The zero-order valence-electron chi connectivity index (χ0n) is 12.2. The molecule has 0 fully saturated rings. The van der Waals surface area contributed by atoms with Gasteiger partial charge in [-0.05, 0) is 29.7 Å². The van der Waals surface area contributed by atoms with Crippen molar-refractivity contribution in [3.63, 3.8) is 0 Å². The fraction of sp³-hybridized carbons (Fsp3) is 0.294. The molecule has 106 valence electrons. The first-order valence-corrected chi connectivity index (χ1v) is 6.64. The van der Waals surface area contributed by atoms with Gasteiger partial charge in [0.25, 0.3) is 0 Å². The zero-order valence-corrected chi connectivity index (χ0v) is 12.2. The standard InChI is InChI=1S/C15H13F2N.C2H6/c1-4-9-12(16)6-5-10-14(9)11(8(2)3)7-13(18)15(10)17;1-2/h1,5-8H,18H2,2-3H3;1-2H3. The van der Waals surface area contributed by atoms with Gasteiger partial charge in [-0.15, -0.1) is 6.42 Å². The minimum absolute atomic E-state index is 0.0563. The summed E-state index contributed by atoms with van der Waals surface area (Å²) in [5, 5.41) is 0.715. The van der Waals surface area contributed by atoms with Gasteiger partial charge in [-0.2, -0.15) is 0 Å². The van der Waals surface area contributed by atoms with Crippen molar-refractivity contribution >= 4 is 16.5 Å². The summed E-state index contributed by atoms with van der Waals surface area (Å²) in [7, 11) is 0. The Kier molecular flexibility index (Phi) is 5.10. The van der Waals surface area contributed by atoms with Crippen molar-refractivity contribution in [3.05, 3.63) is 41.0 Å². The Hall–Kier alpha value is -2.08. The maximum atomic E-state index is 14.0. The molecule has 2 aromatic carbocycles. The van der Waals surface area contributed by atoms with Crippen molar-refractivity contribution in [3.8, 4) is 12.3 Å². The highest BCUT2D eigenvalue weighted by molar-refractivity contribution is 5.94. The van der Waals surface area contributed by atoms with Crippen molar-refractivity contribution in [1.82, 2.24) is 0 Å². The monoisotopic (exact) mass is 275 g/mol. The second kappa shape index (κ2) is 6.38. The molecule has 0 amide bonds. The van der Waals surface area contributed by atoms with Crippen LogP contribution in [0.2, 0.25) is 0 Å². The van der Waals surface area contributed by atoms with Crippen molar-refractivity contribution in [1.29, 1.82) is 0 Å². The molecule has 0 aromatic heterocycles. The zero-order chi connectivity index (χ0) is 15.4. The molecule has 3 heteroatoms. The molecule has 0 aliphatic rings. The molecular formula is C17H19F2N. The Morgan fingerprint density at radius 2 is 1.80 bits per heavy atom. The van der Waals surface area contributed by atoms with Gasteiger partial charge in [0.2, 0.25) is 0 Å². The highest BCUT2D eigenvalue weighted by atomic mass is 19.1. The summed E-state index contributed by atoms with van der Waals surface area (Å²) in [6, 6.07) is 4.08. The van der Waals surface area contributed by atoms with Gasteiger partial charge in [0.1, 0.15) is 5.82 Å². The first-order valence-electron chi connectivity index (χ1n) is 6.64. The summed E-state index contributed by atoms with van der Waals surface area (Å²) in [5.74, 6) is 1.30. The summed E-state index contributed by atoms with van der Waals surface area (Å²) < 4.78 is 27.7. The number of fused-ring (bicyclic) bond motifs is 1. The summed E-state index contributed by atoms with van der Waals surface area (Å²) in [6.07, 6.45) is 5.33. The van der Waals surface area contributed by atoms with Crippen LogP contribution in [0.5, 0.6) is 0 Å². The van der Waals surface area contributed by atoms with E-state index in [1.807, 2.05) is 27.7 Å². The lowest BCUT2D eigenvalue weighted by atomic mass is 9.91. The van der Waals surface area contributed by atoms with Crippen molar-refractivity contribution in [2.24, 2.45) is 0 Å². The van der Waals surface area contributed by atoms with Crippen LogP contribution >= 0.6 is 0 Å². The number of nitrogens with two attached hydrogens (primary N) is 1. The van der Waals surface area contributed by atoms with Crippen LogP contribution in [0.15, 0.2) is 18.2 Å². The lowest BCUT2D eigenvalue weighted by Gasteiger charge is -2.14. The Labute approximate surface area is 118 Å². The van der Waals surface area contributed by atoms with Crippen LogP contribution in [0.1, 0.15) is 44.7 Å². The van der Waals surface area contributed by atoms with Gasteiger partial charge in [-0.3, -0.25) is 0 Å². The molecule has 20 heavy (non-hydrogen) atoms. The van der Waals surface area contributed by atoms with Crippen LogP contribution in [0.3, 0.4) is 0 Å². The molecular weight excluding hydrogens is 256 g/mol. The molecule has 2 aromatic rings. The topological polar surface area (TPSA) is 26.0 Å². The maximum absolute atomic E-state index is 14.0. The number of rotatable bonds is 1. The van der Waals surface area contributed by atoms with E-state index in [0.29, 0.717) is 5.39 Å². The highest BCUT2D eigenvalue weighted by Gasteiger charge is 2.17. The molecule has 0 radical (unpaired) electrons. The number of terminal acetylenes is 1. The number of hydrogen-bond acceptors (Lipinski definition) is 1. The van der Waals surface area contributed by atoms with E-state index in [2.05, 4.69) is 5.92 Å². The average molecular weight is 275 g/mol. The number of hydrogen-bond donors (Lipinski definition) is 1. The molecule has 0 aliphatic carbocycles. The van der Waals surface area contributed by atoms with E-state index in [1.165, 1.54) is 18.2 Å². The predicted molar refractivity (Wildman–Crippen MR) is 81.6 cm³/mol. The van der Waals surface area contributed by atoms with Crippen LogP contribution in [0.4, 0.5) is 14.5 Å². The van der Waals surface area contributed by atoms with Crippen molar-refractivity contribution in [2.45, 2.75) is 33.6 Å². The van der Waals surface area contributed by atoms with Crippen LogP contribution in [-0.4, -0.2) is 0 Å². The lowest BCUT2D eigenvalue weighted by Crippen LogP contribution is -2.01. The first kappa shape index (κ1) is 16.0. The molecule has 2 N–H and O–H groups in total. The van der Waals surface area contributed by atoms with Crippen LogP contribution < -0.4 is 5.73 Å². The third-order valence-electron chi connectivity index (χ3n) is 3.01. The molecule has 0 heterocycles. The Bertz CT molecular complexity index is 667. The molecule has 0 bridgehead atoms. The lowest BCUT2D eigenvalue weighted by molar-refractivity contribution is 0.624. The van der Waals surface area contributed by atoms with E-state index in [9.17, 15) is 8.78 Å². The van der Waals surface area contributed by atoms with E-state index in [4.69, 9.17) is 12.2 Å². The molecule has 2 rings (SSSR count). The molecule has 0 atom stereocenters. The smallest absolute Gasteiger partial charge is 0.153 e. The molecule has 0 aliphatic heterocycles. The molecule has 0 saturated carbocycles. The van der Waals surface area contributed by atoms with Gasteiger partial charge in [0, 0.05) is 10.8 Å². The van der Waals surface area contributed by atoms with Crippen LogP contribution in [0, 0.1) is 24.0 Å². The maximum Gasteiger partial charge on any atom is 0.153 e. The molecule has 1 nitrogen and oxygen atoms in total. The predicted octanol–water partition coefficient (Wildman–Crippen LogP) is 4.83. The summed E-state index contributed by atoms with van der Waals surface area (Å²) in [5.41, 5.74) is 6.54. The average Bonchev–Trinajstić information content (AvgIpc) is 2.44. The Balaban J connectivity index is 0.000000956. The van der Waals surface area contributed by atoms with E-state index >= 15 is 0 Å². The SMILES string of the molecule is C#Cc1c(F)ccc2c(F)c(N)cc(C(C)C)c12.CC. The highest BCUT2D eigenvalue weighted by Crippen LogP contribution is 2.34. The van der Waals surface area contributed by atoms with Gasteiger partial charge < -0.3 is 5.73 Å². The Morgan fingerprint density at radius 3 is 2.30 bits per heavy atom. The van der Waals surface area contributed by atoms with Crippen molar-refractivity contribution < 1.29 is 8.78 Å². The third-order valence-corrected chi connectivity index (χ3v) is 3.01. The third kappa shape index (κ3) is 2.60. The van der Waals surface area contributed by atoms with Crippen LogP contribution in [-0.2, 0) is 0 Å². The molecule has 0 spiro atoms. The number of halogens is 2. The number of nitrogen functional groups attached to an aromatic ring is 1. The summed E-state index contributed by atoms with van der Waals surface area (Å²) in [6.45, 7) is 7.86. The minimum atomic E-state index is -0.550. The number of benzene rings is 2. The second-order valence-electron chi connectivity index (χ2n) is 4.51. The van der Waals surface area contributed by atoms with Gasteiger partial charge in [-0.1, -0.05) is 33.6 Å². The van der Waals surface area contributed by atoms with Crippen molar-refractivity contribution in [2.75, 3.05) is 5.73 Å². The van der Waals surface area contributed by atoms with E-state index in [-0.39, 0.29) is 22.6 Å². The van der Waals surface area contributed by atoms with Gasteiger partial charge in [0.05, 0.1) is 11.3 Å². The minimum Gasteiger partial charge on any atom is -0.396 e. The Morgan fingerprint density at radius 1 is 1.20 bits per heavy atom. The van der Waals surface area contributed by atoms with E-state index in [0.717, 1.165) is 5.56 Å². The van der Waals surface area contributed by atoms with Gasteiger partial charge in [0.15, 0.2) is 5.82 Å². The van der Waals surface area contributed by atoms with Crippen LogP contribution in [0.25, 0.3) is 10.8 Å². The summed E-state index contributed by atoms with van der Waals surface area (Å²) in [4.78, 5) is 0. The first-order chi connectivity index (χ1) is 9.47. The second-order valence-corrected chi connectivity index (χ2v) is 4.51. The van der Waals surface area contributed by atoms with Gasteiger partial charge in [-0.25, -0.2) is 8.78 Å². The normalized spacial score (nSPS) is 10.1. The van der Waals surface area contributed by atoms with E-state index < -0.39 is 11.6 Å². The molecule has 0 saturated heterocycles. The largest absolute Gasteiger partial charge is 0.396 e. The van der Waals surface area contributed by atoms with Gasteiger partial charge >= 0.3 is 0 Å². The fourth-order valence-corrected chi connectivity index (χ4v) is 2.12. The number of anilines is 1. The summed E-state index contributed by atoms with van der Waals surface area (Å²) >= 11 is 0. The fourth-order valence-electron chi connectivity index (χ4n) is 2.12. The molecule has 0 unspecified atom stereocenters. The van der Waals surface area contributed by atoms with E-state index in [1.54, 1.807) is 0 Å².